The average molecular weight is 444 g/mol. The second-order valence-electron chi connectivity index (χ2n) is 6.61. The van der Waals surface area contributed by atoms with Gasteiger partial charge in [-0.1, -0.05) is 24.3 Å². The van der Waals surface area contributed by atoms with Crippen molar-refractivity contribution < 1.29 is 32.2 Å². The fourth-order valence-corrected chi connectivity index (χ4v) is 2.63. The molecule has 9 heteroatoms. The van der Waals surface area contributed by atoms with Gasteiger partial charge in [0, 0.05) is 11.4 Å². The first-order valence-corrected chi connectivity index (χ1v) is 9.47. The molecule has 3 rings (SSSR count). The zero-order valence-electron chi connectivity index (χ0n) is 16.7. The molecular formula is C23H19F3N2O4. The Balaban J connectivity index is 1.41. The molecule has 0 atom stereocenters. The molecule has 0 heterocycles. The van der Waals surface area contributed by atoms with Gasteiger partial charge in [0.15, 0.2) is 0 Å². The molecule has 0 aliphatic rings. The number of carbonyl (C=O) groups is 2. The minimum atomic E-state index is -4.51. The number of nitrogens with one attached hydrogen (secondary N) is 2. The van der Waals surface area contributed by atoms with Crippen LogP contribution in [0.1, 0.15) is 5.56 Å². The maximum Gasteiger partial charge on any atom is 0.416 e. The van der Waals surface area contributed by atoms with Gasteiger partial charge in [0.05, 0.1) is 5.56 Å². The second kappa shape index (κ2) is 10.5. The van der Waals surface area contributed by atoms with Crippen molar-refractivity contribution in [2.75, 3.05) is 23.8 Å². The van der Waals surface area contributed by atoms with Crippen LogP contribution >= 0.6 is 0 Å². The molecule has 0 radical (unpaired) electrons. The molecule has 0 aliphatic carbocycles. The summed E-state index contributed by atoms with van der Waals surface area (Å²) >= 11 is 0. The maximum atomic E-state index is 12.7. The number of hydrogen-bond acceptors (Lipinski definition) is 4. The average Bonchev–Trinajstić information content (AvgIpc) is 2.75. The van der Waals surface area contributed by atoms with Gasteiger partial charge >= 0.3 is 6.18 Å². The van der Waals surface area contributed by atoms with Crippen molar-refractivity contribution in [3.05, 3.63) is 84.4 Å². The summed E-state index contributed by atoms with van der Waals surface area (Å²) in [5.74, 6) is 0.103. The maximum absolute atomic E-state index is 12.7. The summed E-state index contributed by atoms with van der Waals surface area (Å²) in [6.45, 7) is -0.897. The summed E-state index contributed by atoms with van der Waals surface area (Å²) in [4.78, 5) is 23.8. The molecule has 166 valence electrons. The molecule has 0 saturated heterocycles. The molecule has 32 heavy (non-hydrogen) atoms. The number of hydrogen-bond donors (Lipinski definition) is 2. The number of carbonyl (C=O) groups excluding carboxylic acids is 2. The fourth-order valence-electron chi connectivity index (χ4n) is 2.63. The van der Waals surface area contributed by atoms with E-state index in [1.807, 2.05) is 30.3 Å². The van der Waals surface area contributed by atoms with E-state index in [1.54, 1.807) is 24.3 Å². The summed E-state index contributed by atoms with van der Waals surface area (Å²) in [6, 6.07) is 20.1. The highest BCUT2D eigenvalue weighted by molar-refractivity contribution is 5.93. The second-order valence-corrected chi connectivity index (χ2v) is 6.61. The SMILES string of the molecule is O=C(COCC(=O)Nc1cccc(C(F)(F)F)c1)Nc1ccc(Oc2ccccc2)cc1. The van der Waals surface area contributed by atoms with Gasteiger partial charge in [-0.25, -0.2) is 0 Å². The van der Waals surface area contributed by atoms with E-state index in [-0.39, 0.29) is 5.69 Å². The van der Waals surface area contributed by atoms with Crippen molar-refractivity contribution >= 4 is 23.2 Å². The standard InChI is InChI=1S/C23H19F3N2O4/c24-23(25,26)16-5-4-6-18(13-16)28-22(30)15-31-14-21(29)27-17-9-11-20(12-10-17)32-19-7-2-1-3-8-19/h1-13H,14-15H2,(H,27,29)(H,28,30). The van der Waals surface area contributed by atoms with Crippen molar-refractivity contribution in [3.8, 4) is 11.5 Å². The van der Waals surface area contributed by atoms with Crippen molar-refractivity contribution in [2.45, 2.75) is 6.18 Å². The zero-order valence-corrected chi connectivity index (χ0v) is 16.7. The van der Waals surface area contributed by atoms with Gasteiger partial charge in [0.25, 0.3) is 0 Å². The minimum Gasteiger partial charge on any atom is -0.457 e. The topological polar surface area (TPSA) is 76.7 Å². The van der Waals surface area contributed by atoms with Crippen LogP contribution in [0.4, 0.5) is 24.5 Å². The number of benzene rings is 3. The number of amides is 2. The molecule has 0 aromatic heterocycles. The van der Waals surface area contributed by atoms with E-state index in [9.17, 15) is 22.8 Å². The Morgan fingerprint density at radius 1 is 0.719 bits per heavy atom. The largest absolute Gasteiger partial charge is 0.457 e. The zero-order chi connectivity index (χ0) is 23.0. The predicted molar refractivity (Wildman–Crippen MR) is 112 cm³/mol. The van der Waals surface area contributed by atoms with Crippen molar-refractivity contribution in [1.29, 1.82) is 0 Å². The van der Waals surface area contributed by atoms with Crippen LogP contribution in [-0.2, 0) is 20.5 Å². The van der Waals surface area contributed by atoms with Gasteiger partial charge in [-0.3, -0.25) is 9.59 Å². The van der Waals surface area contributed by atoms with Crippen molar-refractivity contribution in [2.24, 2.45) is 0 Å². The van der Waals surface area contributed by atoms with E-state index >= 15 is 0 Å². The van der Waals surface area contributed by atoms with Crippen LogP contribution in [0, 0.1) is 0 Å². The first kappa shape index (κ1) is 22.8. The highest BCUT2D eigenvalue weighted by atomic mass is 19.4. The molecular weight excluding hydrogens is 425 g/mol. The Hall–Kier alpha value is -3.85. The summed E-state index contributed by atoms with van der Waals surface area (Å²) in [5.41, 5.74) is -0.390. The first-order chi connectivity index (χ1) is 15.3. The quantitative estimate of drug-likeness (QED) is 0.507. The third-order valence-corrected chi connectivity index (χ3v) is 4.06. The third kappa shape index (κ3) is 7.13. The Kier molecular flexibility index (Phi) is 7.45. The molecule has 0 saturated carbocycles. The normalized spacial score (nSPS) is 11.0. The van der Waals surface area contributed by atoms with Gasteiger partial charge in [-0.05, 0) is 54.6 Å². The van der Waals surface area contributed by atoms with Crippen molar-refractivity contribution in [3.63, 3.8) is 0 Å². The van der Waals surface area contributed by atoms with Crippen molar-refractivity contribution in [1.82, 2.24) is 0 Å². The molecule has 0 aliphatic heterocycles. The molecule has 0 fully saturated rings. The Bertz CT molecular complexity index is 1050. The molecule has 0 spiro atoms. The fraction of sp³-hybridized carbons (Fsp3) is 0.130. The Morgan fingerprint density at radius 2 is 1.31 bits per heavy atom. The smallest absolute Gasteiger partial charge is 0.416 e. The van der Waals surface area contributed by atoms with Crippen LogP contribution in [0.3, 0.4) is 0 Å². The van der Waals surface area contributed by atoms with Gasteiger partial charge in [0.1, 0.15) is 24.7 Å². The number of ether oxygens (including phenoxy) is 2. The van der Waals surface area contributed by atoms with Crippen LogP contribution < -0.4 is 15.4 Å². The molecule has 0 bridgehead atoms. The van der Waals surface area contributed by atoms with Crippen LogP contribution in [-0.4, -0.2) is 25.0 Å². The minimum absolute atomic E-state index is 0.0179. The van der Waals surface area contributed by atoms with Gasteiger partial charge in [-0.15, -0.1) is 0 Å². The molecule has 2 N–H and O–H groups in total. The number of alkyl halides is 3. The summed E-state index contributed by atoms with van der Waals surface area (Å²) in [7, 11) is 0. The van der Waals surface area contributed by atoms with Gasteiger partial charge in [-0.2, -0.15) is 13.2 Å². The van der Waals surface area contributed by atoms with Gasteiger partial charge < -0.3 is 20.1 Å². The van der Waals surface area contributed by atoms with Crippen LogP contribution in [0.15, 0.2) is 78.9 Å². The predicted octanol–water partition coefficient (Wildman–Crippen LogP) is 5.09. The van der Waals surface area contributed by atoms with E-state index in [2.05, 4.69) is 10.6 Å². The number of halogens is 3. The van der Waals surface area contributed by atoms with E-state index in [1.165, 1.54) is 12.1 Å². The molecule has 6 nitrogen and oxygen atoms in total. The molecule has 3 aromatic rings. The Morgan fingerprint density at radius 3 is 1.94 bits per heavy atom. The number of anilines is 2. The number of rotatable bonds is 8. The highest BCUT2D eigenvalue weighted by Gasteiger charge is 2.30. The van der Waals surface area contributed by atoms with Gasteiger partial charge in [0.2, 0.25) is 11.8 Å². The lowest BCUT2D eigenvalue weighted by atomic mass is 10.2. The van der Waals surface area contributed by atoms with Crippen LogP contribution in [0.5, 0.6) is 11.5 Å². The first-order valence-electron chi connectivity index (χ1n) is 9.47. The third-order valence-electron chi connectivity index (χ3n) is 4.06. The summed E-state index contributed by atoms with van der Waals surface area (Å²) in [6.07, 6.45) is -4.51. The molecule has 2 amide bonds. The monoisotopic (exact) mass is 444 g/mol. The number of para-hydroxylation sites is 1. The Labute approximate surface area is 182 Å². The molecule has 0 unspecified atom stereocenters. The lowest BCUT2D eigenvalue weighted by Crippen LogP contribution is -2.24. The highest BCUT2D eigenvalue weighted by Crippen LogP contribution is 2.30. The van der Waals surface area contributed by atoms with E-state index in [4.69, 9.17) is 9.47 Å². The van der Waals surface area contributed by atoms with E-state index in [0.717, 1.165) is 12.1 Å². The summed E-state index contributed by atoms with van der Waals surface area (Å²) < 4.78 is 48.8. The van der Waals surface area contributed by atoms with Crippen LogP contribution in [0.2, 0.25) is 0 Å². The molecule has 3 aromatic carbocycles. The van der Waals surface area contributed by atoms with Crippen LogP contribution in [0.25, 0.3) is 0 Å². The van der Waals surface area contributed by atoms with E-state index in [0.29, 0.717) is 17.2 Å². The van der Waals surface area contributed by atoms with E-state index < -0.39 is 36.8 Å². The summed E-state index contributed by atoms with van der Waals surface area (Å²) in [5, 5.41) is 4.90. The lowest BCUT2D eigenvalue weighted by Gasteiger charge is -2.10. The lowest BCUT2D eigenvalue weighted by molar-refractivity contribution is -0.137.